The van der Waals surface area contributed by atoms with Gasteiger partial charge in [0.15, 0.2) is 5.96 Å². The Hall–Kier alpha value is -0.420. The normalized spacial score (nSPS) is 16.6. The fraction of sp³-hybridized carbons (Fsp3) is 0.750. The fourth-order valence-corrected chi connectivity index (χ4v) is 4.12. The third-order valence-electron chi connectivity index (χ3n) is 4.99. The zero-order valence-corrected chi connectivity index (χ0v) is 20.8. The molecule has 6 nitrogen and oxygen atoms in total. The number of nitrogens with zero attached hydrogens (tertiary/aromatic N) is 3. The van der Waals surface area contributed by atoms with Gasteiger partial charge in [-0.3, -0.25) is 14.8 Å². The van der Waals surface area contributed by atoms with E-state index in [1.807, 2.05) is 0 Å². The molecule has 0 amide bonds. The molecule has 1 atom stereocenters. The van der Waals surface area contributed by atoms with Gasteiger partial charge < -0.3 is 15.4 Å². The third-order valence-corrected chi connectivity index (χ3v) is 5.70. The quantitative estimate of drug-likeness (QED) is 0.202. The molecule has 8 heteroatoms. The molecule has 1 aromatic heterocycles. The Labute approximate surface area is 192 Å². The van der Waals surface area contributed by atoms with Crippen LogP contribution in [0.2, 0.25) is 0 Å². The number of thiophene rings is 1. The predicted molar refractivity (Wildman–Crippen MR) is 131 cm³/mol. The van der Waals surface area contributed by atoms with E-state index >= 15 is 0 Å². The van der Waals surface area contributed by atoms with E-state index < -0.39 is 0 Å². The number of hydrogen-bond donors (Lipinski definition) is 2. The monoisotopic (exact) mass is 523 g/mol. The Morgan fingerprint density at radius 2 is 2.00 bits per heavy atom. The number of rotatable bonds is 11. The van der Waals surface area contributed by atoms with Crippen LogP contribution in [-0.2, 0) is 4.74 Å². The number of nitrogens with one attached hydrogen (secondary N) is 2. The van der Waals surface area contributed by atoms with Crippen LogP contribution in [0.25, 0.3) is 0 Å². The summed E-state index contributed by atoms with van der Waals surface area (Å²) < 4.78 is 5.41. The molecule has 1 unspecified atom stereocenters. The number of morpholine rings is 1. The molecule has 1 fully saturated rings. The van der Waals surface area contributed by atoms with E-state index in [0.717, 1.165) is 78.0 Å². The van der Waals surface area contributed by atoms with Crippen molar-refractivity contribution in [1.29, 1.82) is 0 Å². The van der Waals surface area contributed by atoms with E-state index in [0.29, 0.717) is 6.04 Å². The Kier molecular flexibility index (Phi) is 14.1. The SMILES string of the molecule is CCNC(=NCC(c1ccsc1)N(CC)CC)NCCCN1CCOCC1.I. The fourth-order valence-electron chi connectivity index (χ4n) is 3.41. The van der Waals surface area contributed by atoms with E-state index in [1.165, 1.54) is 5.56 Å². The second kappa shape index (κ2) is 15.4. The lowest BCUT2D eigenvalue weighted by molar-refractivity contribution is 0.0376. The summed E-state index contributed by atoms with van der Waals surface area (Å²) in [5.74, 6) is 0.923. The van der Waals surface area contributed by atoms with Crippen LogP contribution in [0, 0.1) is 0 Å². The Balaban J connectivity index is 0.00000392. The maximum atomic E-state index is 5.41. The van der Waals surface area contributed by atoms with Crippen molar-refractivity contribution in [3.63, 3.8) is 0 Å². The second-order valence-electron chi connectivity index (χ2n) is 6.75. The average molecular weight is 524 g/mol. The van der Waals surface area contributed by atoms with Gasteiger partial charge in [-0.25, -0.2) is 0 Å². The summed E-state index contributed by atoms with van der Waals surface area (Å²) in [6.45, 7) is 16.2. The van der Waals surface area contributed by atoms with Crippen molar-refractivity contribution >= 4 is 41.3 Å². The van der Waals surface area contributed by atoms with Gasteiger partial charge in [-0.15, -0.1) is 24.0 Å². The maximum Gasteiger partial charge on any atom is 0.191 e. The van der Waals surface area contributed by atoms with Gasteiger partial charge in [0, 0.05) is 26.2 Å². The molecule has 1 saturated heterocycles. The average Bonchev–Trinajstić information content (AvgIpc) is 3.23. The van der Waals surface area contributed by atoms with E-state index in [2.05, 4.69) is 58.0 Å². The van der Waals surface area contributed by atoms with Gasteiger partial charge in [0.25, 0.3) is 0 Å². The molecule has 0 radical (unpaired) electrons. The number of guanidine groups is 1. The molecule has 1 aromatic rings. The van der Waals surface area contributed by atoms with Gasteiger partial charge in [0.2, 0.25) is 0 Å². The number of hydrogen-bond acceptors (Lipinski definition) is 5. The molecule has 0 saturated carbocycles. The van der Waals surface area contributed by atoms with Gasteiger partial charge in [-0.05, 0) is 55.4 Å². The molecule has 0 aliphatic carbocycles. The topological polar surface area (TPSA) is 52.1 Å². The first-order chi connectivity index (χ1) is 13.3. The van der Waals surface area contributed by atoms with Crippen LogP contribution in [0.1, 0.15) is 38.8 Å². The molecule has 0 aromatic carbocycles. The predicted octanol–water partition coefficient (Wildman–Crippen LogP) is 3.03. The summed E-state index contributed by atoms with van der Waals surface area (Å²) in [5.41, 5.74) is 1.37. The summed E-state index contributed by atoms with van der Waals surface area (Å²) in [6.07, 6.45) is 1.12. The highest BCUT2D eigenvalue weighted by Crippen LogP contribution is 2.23. The molecular formula is C20H38IN5OS. The van der Waals surface area contributed by atoms with Crippen molar-refractivity contribution in [3.8, 4) is 0 Å². The summed E-state index contributed by atoms with van der Waals surface area (Å²) >= 11 is 1.76. The lowest BCUT2D eigenvalue weighted by Gasteiger charge is -2.28. The van der Waals surface area contributed by atoms with Crippen LogP contribution in [-0.4, -0.2) is 81.3 Å². The van der Waals surface area contributed by atoms with Gasteiger partial charge in [0.1, 0.15) is 0 Å². The van der Waals surface area contributed by atoms with E-state index in [1.54, 1.807) is 11.3 Å². The van der Waals surface area contributed by atoms with Gasteiger partial charge >= 0.3 is 0 Å². The summed E-state index contributed by atoms with van der Waals surface area (Å²) in [7, 11) is 0. The molecule has 2 heterocycles. The van der Waals surface area contributed by atoms with Crippen molar-refractivity contribution in [2.24, 2.45) is 4.99 Å². The molecule has 1 aliphatic heterocycles. The first kappa shape index (κ1) is 25.6. The lowest BCUT2D eigenvalue weighted by atomic mass is 10.1. The minimum Gasteiger partial charge on any atom is -0.379 e. The van der Waals surface area contributed by atoms with Crippen LogP contribution >= 0.6 is 35.3 Å². The number of likely N-dealkylation sites (N-methyl/N-ethyl adjacent to an activating group) is 1. The standard InChI is InChI=1S/C20H37N5OS.HI/c1-4-21-20(22-9-7-10-24-11-13-26-14-12-24)23-16-19(25(5-2)6-3)18-8-15-27-17-18;/h8,15,17,19H,4-7,9-14,16H2,1-3H3,(H2,21,22,23);1H. The molecule has 0 spiro atoms. The Bertz CT molecular complexity index is 519. The maximum absolute atomic E-state index is 5.41. The van der Waals surface area contributed by atoms with Crippen LogP contribution in [0.15, 0.2) is 21.8 Å². The second-order valence-corrected chi connectivity index (χ2v) is 7.53. The summed E-state index contributed by atoms with van der Waals surface area (Å²) in [6, 6.07) is 2.57. The smallest absolute Gasteiger partial charge is 0.191 e. The van der Waals surface area contributed by atoms with Crippen molar-refractivity contribution in [2.45, 2.75) is 33.2 Å². The number of halogens is 1. The largest absolute Gasteiger partial charge is 0.379 e. The molecule has 1 aliphatic rings. The van der Waals surface area contributed by atoms with Crippen molar-refractivity contribution in [1.82, 2.24) is 20.4 Å². The highest BCUT2D eigenvalue weighted by atomic mass is 127. The van der Waals surface area contributed by atoms with E-state index in [-0.39, 0.29) is 24.0 Å². The molecule has 162 valence electrons. The van der Waals surface area contributed by atoms with Crippen LogP contribution in [0.5, 0.6) is 0 Å². The Morgan fingerprint density at radius 1 is 1.25 bits per heavy atom. The molecule has 2 rings (SSSR count). The van der Waals surface area contributed by atoms with E-state index in [9.17, 15) is 0 Å². The first-order valence-electron chi connectivity index (χ1n) is 10.4. The zero-order valence-electron chi connectivity index (χ0n) is 17.7. The Morgan fingerprint density at radius 3 is 2.61 bits per heavy atom. The van der Waals surface area contributed by atoms with Crippen LogP contribution in [0.3, 0.4) is 0 Å². The molecule has 0 bridgehead atoms. The van der Waals surface area contributed by atoms with E-state index in [4.69, 9.17) is 9.73 Å². The van der Waals surface area contributed by atoms with Gasteiger partial charge in [-0.2, -0.15) is 11.3 Å². The summed E-state index contributed by atoms with van der Waals surface area (Å²) in [5, 5.41) is 11.3. The third kappa shape index (κ3) is 8.94. The number of aliphatic imine (C=N–C) groups is 1. The minimum absolute atomic E-state index is 0. The van der Waals surface area contributed by atoms with Crippen LogP contribution < -0.4 is 10.6 Å². The lowest BCUT2D eigenvalue weighted by Crippen LogP contribution is -2.41. The first-order valence-corrected chi connectivity index (χ1v) is 11.3. The minimum atomic E-state index is 0. The van der Waals surface area contributed by atoms with Crippen LogP contribution in [0.4, 0.5) is 0 Å². The highest BCUT2D eigenvalue weighted by Gasteiger charge is 2.18. The molecular weight excluding hydrogens is 485 g/mol. The van der Waals surface area contributed by atoms with Crippen molar-refractivity contribution in [2.75, 3.05) is 65.6 Å². The van der Waals surface area contributed by atoms with Crippen molar-refractivity contribution in [3.05, 3.63) is 22.4 Å². The zero-order chi connectivity index (χ0) is 19.3. The van der Waals surface area contributed by atoms with Gasteiger partial charge in [-0.1, -0.05) is 13.8 Å². The molecule has 28 heavy (non-hydrogen) atoms. The van der Waals surface area contributed by atoms with Crippen molar-refractivity contribution < 1.29 is 4.74 Å². The van der Waals surface area contributed by atoms with Gasteiger partial charge in [0.05, 0.1) is 25.8 Å². The highest BCUT2D eigenvalue weighted by molar-refractivity contribution is 14.0. The number of ether oxygens (including phenoxy) is 1. The summed E-state index contributed by atoms with van der Waals surface area (Å²) in [4.78, 5) is 9.85. The molecule has 2 N–H and O–H groups in total.